The van der Waals surface area contributed by atoms with E-state index < -0.39 is 0 Å². The number of nitrogens with zero attached hydrogens (tertiary/aromatic N) is 2. The number of carbonyl (C=O) groups excluding carboxylic acids is 1. The van der Waals surface area contributed by atoms with Crippen LogP contribution in [0.4, 0.5) is 0 Å². The lowest BCUT2D eigenvalue weighted by Crippen LogP contribution is -2.43. The summed E-state index contributed by atoms with van der Waals surface area (Å²) in [6.07, 6.45) is 1.07. The smallest absolute Gasteiger partial charge is 0.222 e. The summed E-state index contributed by atoms with van der Waals surface area (Å²) in [4.78, 5) is 18.1. The van der Waals surface area contributed by atoms with E-state index in [1.54, 1.807) is 7.05 Å². The quantitative estimate of drug-likeness (QED) is 0.204. The number of halogens is 1. The highest BCUT2D eigenvalue weighted by atomic mass is 127. The standard InChI is InChI=1S/C17H37N5O.HI/c1-13(2)16(23)19-10-11-21-17(18-7)20-9-8-12-22(14(3)4)15(5)6;/h13-15H,8-12H2,1-7H3,(H,19,23)(H2,18,20,21);1H. The molecule has 0 atom stereocenters. The summed E-state index contributed by atoms with van der Waals surface area (Å²) in [5.41, 5.74) is 0. The molecular formula is C17H38IN5O. The number of guanidine groups is 1. The van der Waals surface area contributed by atoms with Crippen molar-refractivity contribution in [3.05, 3.63) is 0 Å². The van der Waals surface area contributed by atoms with Gasteiger partial charge >= 0.3 is 0 Å². The van der Waals surface area contributed by atoms with Crippen molar-refractivity contribution in [2.45, 2.75) is 60.0 Å². The van der Waals surface area contributed by atoms with Gasteiger partial charge in [-0.2, -0.15) is 0 Å². The lowest BCUT2D eigenvalue weighted by atomic mass is 10.2. The minimum atomic E-state index is 0. The van der Waals surface area contributed by atoms with E-state index >= 15 is 0 Å². The van der Waals surface area contributed by atoms with Crippen molar-refractivity contribution in [3.63, 3.8) is 0 Å². The second kappa shape index (κ2) is 14.7. The van der Waals surface area contributed by atoms with E-state index in [1.165, 1.54) is 0 Å². The second-order valence-corrected chi connectivity index (χ2v) is 6.65. The SMILES string of the molecule is CN=C(NCCCN(C(C)C)C(C)C)NCCNC(=O)C(C)C.I. The van der Waals surface area contributed by atoms with Crippen LogP contribution in [-0.4, -0.2) is 62.1 Å². The lowest BCUT2D eigenvalue weighted by Gasteiger charge is -2.30. The summed E-state index contributed by atoms with van der Waals surface area (Å²) >= 11 is 0. The molecule has 0 unspecified atom stereocenters. The molecule has 0 aliphatic carbocycles. The monoisotopic (exact) mass is 455 g/mol. The summed E-state index contributed by atoms with van der Waals surface area (Å²) in [6.45, 7) is 15.9. The van der Waals surface area contributed by atoms with Crippen molar-refractivity contribution in [1.82, 2.24) is 20.9 Å². The topological polar surface area (TPSA) is 68.8 Å². The fourth-order valence-corrected chi connectivity index (χ4v) is 2.37. The molecule has 0 spiro atoms. The Kier molecular flexibility index (Phi) is 15.8. The fourth-order valence-electron chi connectivity index (χ4n) is 2.37. The Balaban J connectivity index is 0. The zero-order valence-electron chi connectivity index (χ0n) is 16.5. The van der Waals surface area contributed by atoms with Crippen LogP contribution in [0.25, 0.3) is 0 Å². The fraction of sp³-hybridized carbons (Fsp3) is 0.882. The zero-order chi connectivity index (χ0) is 17.8. The third-order valence-electron chi connectivity index (χ3n) is 3.68. The predicted molar refractivity (Wildman–Crippen MR) is 114 cm³/mol. The van der Waals surface area contributed by atoms with E-state index in [0.717, 1.165) is 25.5 Å². The molecule has 0 rings (SSSR count). The molecule has 7 heteroatoms. The maximum absolute atomic E-state index is 11.5. The van der Waals surface area contributed by atoms with Gasteiger partial charge in [-0.15, -0.1) is 24.0 Å². The molecule has 0 fully saturated rings. The van der Waals surface area contributed by atoms with Crippen molar-refractivity contribution < 1.29 is 4.79 Å². The molecule has 0 saturated heterocycles. The highest BCUT2D eigenvalue weighted by Gasteiger charge is 2.12. The van der Waals surface area contributed by atoms with Gasteiger partial charge < -0.3 is 16.0 Å². The average molecular weight is 455 g/mol. The number of nitrogens with one attached hydrogen (secondary N) is 3. The number of rotatable bonds is 10. The minimum absolute atomic E-state index is 0. The largest absolute Gasteiger partial charge is 0.356 e. The van der Waals surface area contributed by atoms with Crippen molar-refractivity contribution in [3.8, 4) is 0 Å². The Labute approximate surface area is 165 Å². The van der Waals surface area contributed by atoms with Gasteiger partial charge in [0, 0.05) is 51.2 Å². The number of hydrogen-bond donors (Lipinski definition) is 3. The first kappa shape index (κ1) is 25.7. The van der Waals surface area contributed by atoms with E-state index in [1.807, 2.05) is 13.8 Å². The van der Waals surface area contributed by atoms with E-state index in [2.05, 4.69) is 53.5 Å². The molecule has 0 aromatic carbocycles. The molecule has 0 aromatic heterocycles. The molecule has 6 nitrogen and oxygen atoms in total. The number of amides is 1. The van der Waals surface area contributed by atoms with Crippen LogP contribution in [0.15, 0.2) is 4.99 Å². The van der Waals surface area contributed by atoms with Crippen molar-refractivity contribution in [2.75, 3.05) is 33.2 Å². The maximum atomic E-state index is 11.5. The van der Waals surface area contributed by atoms with Crippen LogP contribution in [-0.2, 0) is 4.79 Å². The van der Waals surface area contributed by atoms with Crippen LogP contribution in [0.2, 0.25) is 0 Å². The van der Waals surface area contributed by atoms with Gasteiger partial charge in [0.15, 0.2) is 5.96 Å². The molecular weight excluding hydrogens is 417 g/mol. The van der Waals surface area contributed by atoms with Crippen molar-refractivity contribution >= 4 is 35.8 Å². The van der Waals surface area contributed by atoms with Gasteiger partial charge in [-0.25, -0.2) is 0 Å². The summed E-state index contributed by atoms with van der Waals surface area (Å²) in [5.74, 6) is 0.888. The average Bonchev–Trinajstić information content (AvgIpc) is 2.47. The molecule has 0 aliphatic heterocycles. The van der Waals surface area contributed by atoms with Gasteiger partial charge in [-0.3, -0.25) is 14.7 Å². The molecule has 24 heavy (non-hydrogen) atoms. The van der Waals surface area contributed by atoms with Crippen LogP contribution >= 0.6 is 24.0 Å². The Morgan fingerprint density at radius 1 is 0.917 bits per heavy atom. The summed E-state index contributed by atoms with van der Waals surface area (Å²) in [5, 5.41) is 9.40. The molecule has 0 aromatic rings. The first-order valence-electron chi connectivity index (χ1n) is 8.77. The van der Waals surface area contributed by atoms with Gasteiger partial charge in [0.2, 0.25) is 5.91 Å². The van der Waals surface area contributed by atoms with Gasteiger partial charge in [0.25, 0.3) is 0 Å². The summed E-state index contributed by atoms with van der Waals surface area (Å²) in [7, 11) is 1.76. The Bertz CT molecular complexity index is 351. The van der Waals surface area contributed by atoms with E-state index in [0.29, 0.717) is 25.2 Å². The Hall–Kier alpha value is -0.570. The van der Waals surface area contributed by atoms with Gasteiger partial charge in [-0.1, -0.05) is 13.8 Å². The molecule has 144 valence electrons. The number of carbonyl (C=O) groups is 1. The lowest BCUT2D eigenvalue weighted by molar-refractivity contribution is -0.123. The van der Waals surface area contributed by atoms with Crippen LogP contribution in [0.3, 0.4) is 0 Å². The van der Waals surface area contributed by atoms with E-state index in [4.69, 9.17) is 0 Å². The Morgan fingerprint density at radius 2 is 1.42 bits per heavy atom. The predicted octanol–water partition coefficient (Wildman–Crippen LogP) is 2.05. The Morgan fingerprint density at radius 3 is 1.88 bits per heavy atom. The molecule has 0 radical (unpaired) electrons. The molecule has 3 N–H and O–H groups in total. The van der Waals surface area contributed by atoms with Crippen molar-refractivity contribution in [2.24, 2.45) is 10.9 Å². The van der Waals surface area contributed by atoms with Gasteiger partial charge in [0.1, 0.15) is 0 Å². The third kappa shape index (κ3) is 11.9. The van der Waals surface area contributed by atoms with Crippen LogP contribution in [0, 0.1) is 5.92 Å². The third-order valence-corrected chi connectivity index (χ3v) is 3.68. The highest BCUT2D eigenvalue weighted by Crippen LogP contribution is 2.05. The zero-order valence-corrected chi connectivity index (χ0v) is 18.8. The highest BCUT2D eigenvalue weighted by molar-refractivity contribution is 14.0. The molecule has 0 saturated carbocycles. The number of hydrogen-bond acceptors (Lipinski definition) is 3. The first-order chi connectivity index (χ1) is 10.8. The molecule has 0 aliphatic rings. The molecule has 0 heterocycles. The molecule has 1 amide bonds. The van der Waals surface area contributed by atoms with E-state index in [9.17, 15) is 4.79 Å². The van der Waals surface area contributed by atoms with Crippen LogP contribution < -0.4 is 16.0 Å². The minimum Gasteiger partial charge on any atom is -0.356 e. The molecule has 0 bridgehead atoms. The van der Waals surface area contributed by atoms with E-state index in [-0.39, 0.29) is 35.8 Å². The van der Waals surface area contributed by atoms with Crippen LogP contribution in [0.1, 0.15) is 48.0 Å². The van der Waals surface area contributed by atoms with Crippen LogP contribution in [0.5, 0.6) is 0 Å². The van der Waals surface area contributed by atoms with Crippen molar-refractivity contribution in [1.29, 1.82) is 0 Å². The summed E-state index contributed by atoms with van der Waals surface area (Å²) < 4.78 is 0. The van der Waals surface area contributed by atoms with Gasteiger partial charge in [0.05, 0.1) is 0 Å². The first-order valence-corrected chi connectivity index (χ1v) is 8.77. The second-order valence-electron chi connectivity index (χ2n) is 6.65. The normalized spacial score (nSPS) is 11.9. The number of aliphatic imine (C=N–C) groups is 1. The summed E-state index contributed by atoms with van der Waals surface area (Å²) in [6, 6.07) is 1.13. The van der Waals surface area contributed by atoms with Gasteiger partial charge in [-0.05, 0) is 34.1 Å². The maximum Gasteiger partial charge on any atom is 0.222 e.